The summed E-state index contributed by atoms with van der Waals surface area (Å²) in [6.45, 7) is 0.102. The first-order valence-corrected chi connectivity index (χ1v) is 4.97. The summed E-state index contributed by atoms with van der Waals surface area (Å²) in [5, 5.41) is 2.48. The largest absolute Gasteiger partial charge is 0.494 e. The molecule has 0 saturated carbocycles. The molecule has 0 saturated heterocycles. The van der Waals surface area contributed by atoms with E-state index in [1.54, 1.807) is 0 Å². The average molecular weight is 279 g/mol. The van der Waals surface area contributed by atoms with E-state index in [2.05, 4.69) is 5.32 Å². The third-order valence-corrected chi connectivity index (χ3v) is 2.10. The first kappa shape index (κ1) is 16.6. The second-order valence-corrected chi connectivity index (χ2v) is 3.40. The Hall–Kier alpha value is -1.37. The van der Waals surface area contributed by atoms with E-state index in [0.29, 0.717) is 5.69 Å². The number of nitrogens with two attached hydrogens (primary N) is 1. The van der Waals surface area contributed by atoms with Crippen LogP contribution in [0, 0.1) is 5.82 Å². The summed E-state index contributed by atoms with van der Waals surface area (Å²) in [4.78, 5) is 11.5. The van der Waals surface area contributed by atoms with Crippen LogP contribution in [0.2, 0.25) is 0 Å². The van der Waals surface area contributed by atoms with Crippen molar-refractivity contribution in [3.05, 3.63) is 24.0 Å². The van der Waals surface area contributed by atoms with E-state index in [4.69, 9.17) is 15.2 Å². The summed E-state index contributed by atoms with van der Waals surface area (Å²) >= 11 is 0. The SMILES string of the molecule is COCC(N)C(=O)Nc1ccc(OC)c(F)c1.Cl. The minimum absolute atomic E-state index is 0. The van der Waals surface area contributed by atoms with E-state index >= 15 is 0 Å². The number of rotatable bonds is 5. The number of amides is 1. The molecule has 0 fully saturated rings. The number of hydrogen-bond donors (Lipinski definition) is 2. The molecule has 1 rings (SSSR count). The molecular formula is C11H16ClFN2O3. The van der Waals surface area contributed by atoms with E-state index in [1.165, 1.54) is 26.4 Å². The Bertz CT molecular complexity index is 404. The fraction of sp³-hybridized carbons (Fsp3) is 0.364. The lowest BCUT2D eigenvalue weighted by molar-refractivity contribution is -0.118. The van der Waals surface area contributed by atoms with Crippen molar-refractivity contribution in [1.29, 1.82) is 0 Å². The Morgan fingerprint density at radius 2 is 2.17 bits per heavy atom. The molecule has 0 heterocycles. The minimum atomic E-state index is -0.787. The quantitative estimate of drug-likeness (QED) is 0.848. The number of carbonyl (C=O) groups excluding carboxylic acids is 1. The first-order chi connectivity index (χ1) is 8.08. The Labute approximate surface area is 111 Å². The number of benzene rings is 1. The molecule has 5 nitrogen and oxygen atoms in total. The van der Waals surface area contributed by atoms with Crippen molar-refractivity contribution in [3.8, 4) is 5.75 Å². The van der Waals surface area contributed by atoms with E-state index < -0.39 is 17.8 Å². The molecule has 0 spiro atoms. The number of halogens is 2. The van der Waals surface area contributed by atoms with Gasteiger partial charge in [0.05, 0.1) is 13.7 Å². The highest BCUT2D eigenvalue weighted by atomic mass is 35.5. The van der Waals surface area contributed by atoms with Crippen molar-refractivity contribution in [2.45, 2.75) is 6.04 Å². The standard InChI is InChI=1S/C11H15FN2O3.ClH/c1-16-6-9(13)11(15)14-7-3-4-10(17-2)8(12)5-7;/h3-5,9H,6,13H2,1-2H3,(H,14,15);1H. The first-order valence-electron chi connectivity index (χ1n) is 4.97. The third-order valence-electron chi connectivity index (χ3n) is 2.10. The topological polar surface area (TPSA) is 73.6 Å². The van der Waals surface area contributed by atoms with Gasteiger partial charge in [0, 0.05) is 18.9 Å². The molecule has 0 aliphatic heterocycles. The fourth-order valence-corrected chi connectivity index (χ4v) is 1.23. The molecule has 0 aliphatic rings. The van der Waals surface area contributed by atoms with Crippen LogP contribution in [-0.2, 0) is 9.53 Å². The van der Waals surface area contributed by atoms with E-state index in [9.17, 15) is 9.18 Å². The molecule has 3 N–H and O–H groups in total. The van der Waals surface area contributed by atoms with Gasteiger partial charge >= 0.3 is 0 Å². The monoisotopic (exact) mass is 278 g/mol. The van der Waals surface area contributed by atoms with Gasteiger partial charge in [-0.1, -0.05) is 0 Å². The van der Waals surface area contributed by atoms with Gasteiger partial charge in [0.1, 0.15) is 6.04 Å². The summed E-state index contributed by atoms with van der Waals surface area (Å²) in [6.07, 6.45) is 0. The van der Waals surface area contributed by atoms with Crippen molar-refractivity contribution < 1.29 is 18.7 Å². The lowest BCUT2D eigenvalue weighted by atomic mass is 10.2. The zero-order chi connectivity index (χ0) is 12.8. The molecule has 1 amide bonds. The lowest BCUT2D eigenvalue weighted by Gasteiger charge is -2.11. The van der Waals surface area contributed by atoms with Crippen molar-refractivity contribution in [2.75, 3.05) is 26.1 Å². The van der Waals surface area contributed by atoms with Crippen molar-refractivity contribution in [2.24, 2.45) is 5.73 Å². The molecule has 1 aromatic carbocycles. The molecular weight excluding hydrogens is 263 g/mol. The van der Waals surface area contributed by atoms with Crippen molar-refractivity contribution in [3.63, 3.8) is 0 Å². The van der Waals surface area contributed by atoms with Gasteiger partial charge in [-0.25, -0.2) is 4.39 Å². The van der Waals surface area contributed by atoms with Gasteiger partial charge in [-0.15, -0.1) is 12.4 Å². The average Bonchev–Trinajstić information content (AvgIpc) is 2.29. The van der Waals surface area contributed by atoms with Gasteiger partial charge < -0.3 is 20.5 Å². The maximum Gasteiger partial charge on any atom is 0.243 e. The summed E-state index contributed by atoms with van der Waals surface area (Å²) in [6, 6.07) is 3.33. The van der Waals surface area contributed by atoms with Gasteiger partial charge in [0.2, 0.25) is 5.91 Å². The smallest absolute Gasteiger partial charge is 0.243 e. The number of ether oxygens (including phenoxy) is 2. The van der Waals surface area contributed by atoms with Gasteiger partial charge in [0.25, 0.3) is 0 Å². The van der Waals surface area contributed by atoms with Crippen molar-refractivity contribution >= 4 is 24.0 Å². The van der Waals surface area contributed by atoms with Crippen LogP contribution in [-0.4, -0.2) is 32.8 Å². The molecule has 0 aromatic heterocycles. The van der Waals surface area contributed by atoms with E-state index in [0.717, 1.165) is 6.07 Å². The minimum Gasteiger partial charge on any atom is -0.494 e. The van der Waals surface area contributed by atoms with Crippen LogP contribution >= 0.6 is 12.4 Å². The Morgan fingerprint density at radius 1 is 1.50 bits per heavy atom. The van der Waals surface area contributed by atoms with Gasteiger partial charge in [0.15, 0.2) is 11.6 Å². The zero-order valence-corrected chi connectivity index (χ0v) is 10.9. The molecule has 1 atom stereocenters. The van der Waals surface area contributed by atoms with Gasteiger partial charge in [-0.05, 0) is 12.1 Å². The number of carbonyl (C=O) groups is 1. The molecule has 0 bridgehead atoms. The van der Waals surface area contributed by atoms with Crippen LogP contribution in [0.5, 0.6) is 5.75 Å². The normalized spacial score (nSPS) is 11.3. The molecule has 102 valence electrons. The summed E-state index contributed by atoms with van der Waals surface area (Å²) in [7, 11) is 2.81. The molecule has 18 heavy (non-hydrogen) atoms. The maximum atomic E-state index is 13.3. The fourth-order valence-electron chi connectivity index (χ4n) is 1.23. The summed E-state index contributed by atoms with van der Waals surface area (Å²) in [5.41, 5.74) is 5.83. The predicted octanol–water partition coefficient (Wildman–Crippen LogP) is 1.17. The van der Waals surface area contributed by atoms with Crippen LogP contribution in [0.4, 0.5) is 10.1 Å². The number of methoxy groups -OCH3 is 2. The van der Waals surface area contributed by atoms with E-state index in [1.807, 2.05) is 0 Å². The maximum absolute atomic E-state index is 13.3. The van der Waals surface area contributed by atoms with Crippen LogP contribution in [0.3, 0.4) is 0 Å². The summed E-state index contributed by atoms with van der Waals surface area (Å²) < 4.78 is 22.8. The highest BCUT2D eigenvalue weighted by Gasteiger charge is 2.13. The zero-order valence-electron chi connectivity index (χ0n) is 10.1. The van der Waals surface area contributed by atoms with Crippen LogP contribution in [0.15, 0.2) is 18.2 Å². The second-order valence-electron chi connectivity index (χ2n) is 3.40. The molecule has 7 heteroatoms. The lowest BCUT2D eigenvalue weighted by Crippen LogP contribution is -2.39. The van der Waals surface area contributed by atoms with Gasteiger partial charge in [-0.2, -0.15) is 0 Å². The molecule has 0 aliphatic carbocycles. The third kappa shape index (κ3) is 4.48. The van der Waals surface area contributed by atoms with Crippen LogP contribution < -0.4 is 15.8 Å². The van der Waals surface area contributed by atoms with Crippen LogP contribution in [0.1, 0.15) is 0 Å². The Morgan fingerprint density at radius 3 is 2.67 bits per heavy atom. The molecule has 1 aromatic rings. The van der Waals surface area contributed by atoms with Gasteiger partial charge in [-0.3, -0.25) is 4.79 Å². The molecule has 1 unspecified atom stereocenters. The van der Waals surface area contributed by atoms with Crippen LogP contribution in [0.25, 0.3) is 0 Å². The number of hydrogen-bond acceptors (Lipinski definition) is 4. The predicted molar refractivity (Wildman–Crippen MR) is 68.7 cm³/mol. The Kier molecular flexibility index (Phi) is 7.26. The number of anilines is 1. The second kappa shape index (κ2) is 7.86. The number of nitrogens with one attached hydrogen (secondary N) is 1. The van der Waals surface area contributed by atoms with Crippen molar-refractivity contribution in [1.82, 2.24) is 0 Å². The Balaban J connectivity index is 0.00000289. The van der Waals surface area contributed by atoms with E-state index in [-0.39, 0.29) is 24.8 Å². The highest BCUT2D eigenvalue weighted by molar-refractivity contribution is 5.94. The summed E-state index contributed by atoms with van der Waals surface area (Å²) in [5.74, 6) is -0.869. The highest BCUT2D eigenvalue weighted by Crippen LogP contribution is 2.20. The molecule has 0 radical (unpaired) electrons.